The van der Waals surface area contributed by atoms with Crippen molar-refractivity contribution in [3.05, 3.63) is 33.8 Å². The molecule has 4 heteroatoms. The average molecular weight is 226 g/mol. The number of Topliss-reactive ketones (excluding diaryl/α,β-unsaturated/α-hetero) is 1. The minimum absolute atomic E-state index is 0. The molecule has 0 heterocycles. The summed E-state index contributed by atoms with van der Waals surface area (Å²) >= 11 is 11.3. The maximum Gasteiger partial charge on any atom is 0.159 e. The van der Waals surface area contributed by atoms with Gasteiger partial charge in [-0.15, -0.1) is 12.4 Å². The van der Waals surface area contributed by atoms with E-state index >= 15 is 0 Å². The van der Waals surface area contributed by atoms with Crippen molar-refractivity contribution >= 4 is 41.4 Å². The number of hydrogen-bond acceptors (Lipinski definition) is 1. The fourth-order valence-electron chi connectivity index (χ4n) is 0.757. The van der Waals surface area contributed by atoms with Gasteiger partial charge < -0.3 is 0 Å². The molecule has 0 aliphatic heterocycles. The first-order valence-corrected chi connectivity index (χ1v) is 3.82. The molecule has 12 heavy (non-hydrogen) atoms. The highest BCUT2D eigenvalue weighted by molar-refractivity contribution is 6.35. The lowest BCUT2D eigenvalue weighted by molar-refractivity contribution is 0.101. The first-order chi connectivity index (χ1) is 5.09. The van der Waals surface area contributed by atoms with Gasteiger partial charge in [0.2, 0.25) is 0 Å². The molecule has 0 saturated heterocycles. The molecular formula is C8H7Cl3O. The highest BCUT2D eigenvalue weighted by Crippen LogP contribution is 2.18. The molecule has 66 valence electrons. The lowest BCUT2D eigenvalue weighted by Gasteiger charge is -1.96. The van der Waals surface area contributed by atoms with E-state index in [1.54, 1.807) is 18.2 Å². The maximum atomic E-state index is 10.8. The predicted molar refractivity (Wildman–Crippen MR) is 53.7 cm³/mol. The van der Waals surface area contributed by atoms with Crippen LogP contribution in [0.25, 0.3) is 0 Å². The first-order valence-electron chi connectivity index (χ1n) is 3.06. The molecule has 0 spiro atoms. The van der Waals surface area contributed by atoms with Crippen molar-refractivity contribution < 1.29 is 4.79 Å². The van der Waals surface area contributed by atoms with Crippen LogP contribution >= 0.6 is 35.6 Å². The summed E-state index contributed by atoms with van der Waals surface area (Å²) in [7, 11) is 0. The molecule has 1 nitrogen and oxygen atoms in total. The summed E-state index contributed by atoms with van der Waals surface area (Å²) in [6.45, 7) is 1.47. The molecule has 0 saturated carbocycles. The zero-order chi connectivity index (χ0) is 8.43. The van der Waals surface area contributed by atoms with E-state index in [1.807, 2.05) is 0 Å². The Hall–Kier alpha value is -0.240. The molecule has 0 atom stereocenters. The molecule has 1 aromatic rings. The summed E-state index contributed by atoms with van der Waals surface area (Å²) in [6, 6.07) is 4.78. The van der Waals surface area contributed by atoms with Crippen LogP contribution in [-0.2, 0) is 0 Å². The number of carbonyl (C=O) groups excluding carboxylic acids is 1. The smallest absolute Gasteiger partial charge is 0.159 e. The third kappa shape index (κ3) is 3.02. The Balaban J connectivity index is 0.00000121. The summed E-state index contributed by atoms with van der Waals surface area (Å²) in [5.41, 5.74) is 0.544. The van der Waals surface area contributed by atoms with Crippen molar-refractivity contribution in [2.75, 3.05) is 0 Å². The van der Waals surface area contributed by atoms with Crippen LogP contribution in [0.15, 0.2) is 18.2 Å². The summed E-state index contributed by atoms with van der Waals surface area (Å²) in [6.07, 6.45) is 0. The van der Waals surface area contributed by atoms with E-state index in [1.165, 1.54) is 6.92 Å². The molecule has 0 amide bonds. The number of halogens is 3. The minimum Gasteiger partial charge on any atom is -0.295 e. The van der Waals surface area contributed by atoms with Crippen LogP contribution < -0.4 is 0 Å². The van der Waals surface area contributed by atoms with Crippen LogP contribution in [0.3, 0.4) is 0 Å². The molecule has 1 rings (SSSR count). The molecule has 1 aromatic carbocycles. The summed E-state index contributed by atoms with van der Waals surface area (Å²) in [4.78, 5) is 10.8. The van der Waals surface area contributed by atoms with Gasteiger partial charge in [0.15, 0.2) is 5.78 Å². The van der Waals surface area contributed by atoms with E-state index in [9.17, 15) is 4.79 Å². The topological polar surface area (TPSA) is 17.1 Å². The molecule has 0 N–H and O–H groups in total. The van der Waals surface area contributed by atoms with Gasteiger partial charge in [-0.05, 0) is 25.1 Å². The number of hydrogen-bond donors (Lipinski definition) is 0. The highest BCUT2D eigenvalue weighted by Gasteiger charge is 2.01. The highest BCUT2D eigenvalue weighted by atomic mass is 35.5. The van der Waals surface area contributed by atoms with Crippen molar-refractivity contribution in [2.45, 2.75) is 6.92 Å². The Morgan fingerprint density at radius 1 is 1.17 bits per heavy atom. The van der Waals surface area contributed by atoms with Gasteiger partial charge in [0, 0.05) is 15.6 Å². The van der Waals surface area contributed by atoms with Crippen molar-refractivity contribution in [1.82, 2.24) is 0 Å². The summed E-state index contributed by atoms with van der Waals surface area (Å²) in [5, 5.41) is 0.977. The van der Waals surface area contributed by atoms with Gasteiger partial charge in [-0.3, -0.25) is 4.79 Å². The van der Waals surface area contributed by atoms with Crippen molar-refractivity contribution in [1.29, 1.82) is 0 Å². The van der Waals surface area contributed by atoms with Gasteiger partial charge in [0.05, 0.1) is 0 Å². The predicted octanol–water partition coefficient (Wildman–Crippen LogP) is 3.62. The van der Waals surface area contributed by atoms with Crippen LogP contribution in [0.5, 0.6) is 0 Å². The van der Waals surface area contributed by atoms with E-state index in [0.717, 1.165) is 0 Å². The normalized spacial score (nSPS) is 8.92. The van der Waals surface area contributed by atoms with Crippen LogP contribution in [0.2, 0.25) is 10.0 Å². The van der Waals surface area contributed by atoms with Crippen LogP contribution in [-0.4, -0.2) is 5.78 Å². The van der Waals surface area contributed by atoms with E-state index in [0.29, 0.717) is 15.6 Å². The number of rotatable bonds is 1. The van der Waals surface area contributed by atoms with E-state index in [-0.39, 0.29) is 18.2 Å². The second-order valence-corrected chi connectivity index (χ2v) is 3.09. The SMILES string of the molecule is CC(=O)c1cc(Cl)cc(Cl)c1.Cl. The van der Waals surface area contributed by atoms with Crippen molar-refractivity contribution in [2.24, 2.45) is 0 Å². The van der Waals surface area contributed by atoms with Gasteiger partial charge in [-0.25, -0.2) is 0 Å². The Bertz CT molecular complexity index is 276. The number of benzene rings is 1. The standard InChI is InChI=1S/C8H6Cl2O.ClH/c1-5(11)6-2-7(9)4-8(10)3-6;/h2-4H,1H3;1H. The van der Waals surface area contributed by atoms with E-state index in [4.69, 9.17) is 23.2 Å². The molecule has 0 radical (unpaired) electrons. The summed E-state index contributed by atoms with van der Waals surface area (Å²) in [5.74, 6) is -0.0330. The lowest BCUT2D eigenvalue weighted by Crippen LogP contribution is -1.90. The van der Waals surface area contributed by atoms with E-state index < -0.39 is 0 Å². The lowest BCUT2D eigenvalue weighted by atomic mass is 10.1. The molecular weight excluding hydrogens is 218 g/mol. The van der Waals surface area contributed by atoms with Gasteiger partial charge >= 0.3 is 0 Å². The Kier molecular flexibility index (Phi) is 4.61. The van der Waals surface area contributed by atoms with Gasteiger partial charge in [0.1, 0.15) is 0 Å². The van der Waals surface area contributed by atoms with Gasteiger partial charge in [-0.2, -0.15) is 0 Å². The summed E-state index contributed by atoms with van der Waals surface area (Å²) < 4.78 is 0. The zero-order valence-corrected chi connectivity index (χ0v) is 8.63. The van der Waals surface area contributed by atoms with E-state index in [2.05, 4.69) is 0 Å². The van der Waals surface area contributed by atoms with Gasteiger partial charge in [0.25, 0.3) is 0 Å². The monoisotopic (exact) mass is 224 g/mol. The molecule has 0 aliphatic carbocycles. The van der Waals surface area contributed by atoms with Crippen LogP contribution in [0.4, 0.5) is 0 Å². The quantitative estimate of drug-likeness (QED) is 0.667. The Labute approximate surface area is 87.1 Å². The largest absolute Gasteiger partial charge is 0.295 e. The van der Waals surface area contributed by atoms with Crippen LogP contribution in [0, 0.1) is 0 Å². The maximum absolute atomic E-state index is 10.8. The number of ketones is 1. The number of carbonyl (C=O) groups is 1. The molecule has 0 aromatic heterocycles. The first kappa shape index (κ1) is 11.8. The second kappa shape index (κ2) is 4.70. The van der Waals surface area contributed by atoms with Gasteiger partial charge in [-0.1, -0.05) is 23.2 Å². The zero-order valence-electron chi connectivity index (χ0n) is 6.30. The average Bonchev–Trinajstić information content (AvgIpc) is 1.85. The third-order valence-corrected chi connectivity index (χ3v) is 1.71. The Morgan fingerprint density at radius 2 is 1.58 bits per heavy atom. The van der Waals surface area contributed by atoms with Crippen molar-refractivity contribution in [3.8, 4) is 0 Å². The molecule has 0 aliphatic rings. The Morgan fingerprint density at radius 3 is 1.92 bits per heavy atom. The fourth-order valence-corrected chi connectivity index (χ4v) is 1.28. The third-order valence-electron chi connectivity index (χ3n) is 1.27. The molecule has 0 unspecified atom stereocenters. The molecule has 0 bridgehead atoms. The molecule has 0 fully saturated rings. The fraction of sp³-hybridized carbons (Fsp3) is 0.125. The second-order valence-electron chi connectivity index (χ2n) is 2.21. The van der Waals surface area contributed by atoms with Crippen molar-refractivity contribution in [3.63, 3.8) is 0 Å². The minimum atomic E-state index is -0.0330. The van der Waals surface area contributed by atoms with Crippen LogP contribution in [0.1, 0.15) is 17.3 Å².